The van der Waals surface area contributed by atoms with E-state index in [1.54, 1.807) is 29.0 Å². The third-order valence-corrected chi connectivity index (χ3v) is 6.08. The number of β-amino-alcohol motifs (C(OH)–C–C–N with tert-alkyl or cyclic N) is 1. The number of allylic oxidation sites excluding steroid dienone is 1. The van der Waals surface area contributed by atoms with E-state index < -0.39 is 6.10 Å². The van der Waals surface area contributed by atoms with E-state index in [1.807, 2.05) is 48.8 Å². The molecule has 0 radical (unpaired) electrons. The van der Waals surface area contributed by atoms with Gasteiger partial charge >= 0.3 is 6.03 Å². The number of halogens is 1. The monoisotopic (exact) mass is 409 g/mol. The molecule has 2 heterocycles. The van der Waals surface area contributed by atoms with Gasteiger partial charge in [-0.05, 0) is 56.2 Å². The lowest BCUT2D eigenvalue weighted by Gasteiger charge is -2.38. The normalized spacial score (nSPS) is 18.8. The van der Waals surface area contributed by atoms with Crippen molar-refractivity contribution in [2.75, 3.05) is 20.1 Å². The van der Waals surface area contributed by atoms with Crippen molar-refractivity contribution in [3.8, 4) is 0 Å². The molecule has 1 fully saturated rings. The number of fused-ring (bicyclic) bond motifs is 3. The molecule has 3 aromatic rings. The zero-order chi connectivity index (χ0) is 21.4. The molecule has 4 rings (SSSR count). The predicted molar refractivity (Wildman–Crippen MR) is 119 cm³/mol. The number of nitrogens with zero attached hydrogens (tertiary/aromatic N) is 3. The summed E-state index contributed by atoms with van der Waals surface area (Å²) in [5.74, 6) is -0.283. The Morgan fingerprint density at radius 2 is 1.87 bits per heavy atom. The Labute approximate surface area is 176 Å². The van der Waals surface area contributed by atoms with E-state index in [0.29, 0.717) is 13.1 Å². The molecular formula is C24H28FN3O2. The molecule has 5 nitrogen and oxygen atoms in total. The average Bonchev–Trinajstić information content (AvgIpc) is 3.01. The Morgan fingerprint density at radius 3 is 2.60 bits per heavy atom. The number of hydrogen-bond acceptors (Lipinski definition) is 2. The summed E-state index contributed by atoms with van der Waals surface area (Å²) in [7, 11) is 1.80. The zero-order valence-electron chi connectivity index (χ0n) is 17.7. The fourth-order valence-electron chi connectivity index (χ4n) is 4.32. The first-order valence-corrected chi connectivity index (χ1v) is 10.4. The highest BCUT2D eigenvalue weighted by Gasteiger charge is 2.29. The summed E-state index contributed by atoms with van der Waals surface area (Å²) in [5.41, 5.74) is 2.86. The summed E-state index contributed by atoms with van der Waals surface area (Å²) >= 11 is 0. The third kappa shape index (κ3) is 3.67. The van der Waals surface area contributed by atoms with Crippen LogP contribution in [0.4, 0.5) is 9.18 Å². The Bertz CT molecular complexity index is 1120. The standard InChI is InChI=1S/C24H28FN3O2/c1-4-5-17-6-8-22-20(12-17)21-13-18(25)7-9-23(21)28(22)15-19(29)14-27-11-10-16(2)26(3)24(27)30/h4-9,12-13,16,19,29H,10-11,14-15H2,1-3H3/b5-4+. The van der Waals surface area contributed by atoms with E-state index in [1.165, 1.54) is 6.07 Å². The SMILES string of the molecule is C/C=C/c1ccc2c(c1)c1cc(F)ccc1n2CC(O)CN1CCC(C)N(C)C1=O. The van der Waals surface area contributed by atoms with Crippen molar-refractivity contribution in [1.29, 1.82) is 0 Å². The quantitative estimate of drug-likeness (QED) is 0.676. The molecule has 158 valence electrons. The van der Waals surface area contributed by atoms with Gasteiger partial charge in [0.1, 0.15) is 5.82 Å². The van der Waals surface area contributed by atoms with Gasteiger partial charge in [-0.15, -0.1) is 0 Å². The number of carbonyl (C=O) groups excluding carboxylic acids is 1. The molecule has 1 N–H and O–H groups in total. The van der Waals surface area contributed by atoms with Crippen LogP contribution in [0.1, 0.15) is 25.8 Å². The largest absolute Gasteiger partial charge is 0.389 e. The highest BCUT2D eigenvalue weighted by Crippen LogP contribution is 2.31. The number of aliphatic hydroxyl groups excluding tert-OH is 1. The molecule has 2 atom stereocenters. The van der Waals surface area contributed by atoms with Crippen LogP contribution in [0.3, 0.4) is 0 Å². The second-order valence-corrected chi connectivity index (χ2v) is 8.18. The van der Waals surface area contributed by atoms with Crippen LogP contribution in [0.2, 0.25) is 0 Å². The second kappa shape index (κ2) is 8.11. The highest BCUT2D eigenvalue weighted by molar-refractivity contribution is 6.08. The molecule has 0 spiro atoms. The molecule has 0 aliphatic carbocycles. The van der Waals surface area contributed by atoms with Gasteiger partial charge in [0, 0.05) is 41.4 Å². The van der Waals surface area contributed by atoms with Crippen molar-refractivity contribution < 1.29 is 14.3 Å². The van der Waals surface area contributed by atoms with Crippen LogP contribution in [0.5, 0.6) is 0 Å². The first kappa shape index (κ1) is 20.4. The minimum absolute atomic E-state index is 0.0481. The number of carbonyl (C=O) groups is 1. The van der Waals surface area contributed by atoms with E-state index in [0.717, 1.165) is 33.8 Å². The maximum atomic E-state index is 14.0. The van der Waals surface area contributed by atoms with Crippen LogP contribution in [0.25, 0.3) is 27.9 Å². The molecule has 0 saturated carbocycles. The average molecular weight is 410 g/mol. The first-order chi connectivity index (χ1) is 14.4. The van der Waals surface area contributed by atoms with Crippen molar-refractivity contribution in [2.45, 2.75) is 39.0 Å². The van der Waals surface area contributed by atoms with Gasteiger partial charge in [-0.2, -0.15) is 0 Å². The molecule has 1 saturated heterocycles. The van der Waals surface area contributed by atoms with Crippen molar-refractivity contribution >= 4 is 33.9 Å². The Morgan fingerprint density at radius 1 is 1.17 bits per heavy atom. The number of benzene rings is 2. The number of urea groups is 1. The Balaban J connectivity index is 1.67. The summed E-state index contributed by atoms with van der Waals surface area (Å²) in [5, 5.41) is 12.6. The predicted octanol–water partition coefficient (Wildman–Crippen LogP) is 4.47. The third-order valence-electron chi connectivity index (χ3n) is 6.08. The molecule has 6 heteroatoms. The smallest absolute Gasteiger partial charge is 0.320 e. The lowest BCUT2D eigenvalue weighted by Crippen LogP contribution is -2.53. The Kier molecular flexibility index (Phi) is 5.52. The number of rotatable bonds is 5. The zero-order valence-corrected chi connectivity index (χ0v) is 17.7. The lowest BCUT2D eigenvalue weighted by atomic mass is 10.1. The van der Waals surface area contributed by atoms with E-state index >= 15 is 0 Å². The maximum Gasteiger partial charge on any atom is 0.320 e. The first-order valence-electron chi connectivity index (χ1n) is 10.4. The number of aromatic nitrogens is 1. The summed E-state index contributed by atoms with van der Waals surface area (Å²) in [6.45, 7) is 5.24. The molecule has 2 amide bonds. The Hall–Kier alpha value is -2.86. The van der Waals surface area contributed by atoms with E-state index in [9.17, 15) is 14.3 Å². The summed E-state index contributed by atoms with van der Waals surface area (Å²) in [6.07, 6.45) is 4.14. The molecule has 1 aliphatic heterocycles. The van der Waals surface area contributed by atoms with Crippen LogP contribution in [0.15, 0.2) is 42.5 Å². The fourth-order valence-corrected chi connectivity index (χ4v) is 4.32. The molecule has 0 bridgehead atoms. The van der Waals surface area contributed by atoms with Gasteiger partial charge < -0.3 is 19.5 Å². The van der Waals surface area contributed by atoms with Gasteiger partial charge in [0.15, 0.2) is 0 Å². The van der Waals surface area contributed by atoms with Gasteiger partial charge in [0.2, 0.25) is 0 Å². The van der Waals surface area contributed by atoms with Crippen LogP contribution >= 0.6 is 0 Å². The van der Waals surface area contributed by atoms with Gasteiger partial charge in [0.05, 0.1) is 19.2 Å². The summed E-state index contributed by atoms with van der Waals surface area (Å²) in [4.78, 5) is 16.0. The number of hydrogen-bond donors (Lipinski definition) is 1. The van der Waals surface area contributed by atoms with Crippen LogP contribution in [-0.4, -0.2) is 57.8 Å². The van der Waals surface area contributed by atoms with Gasteiger partial charge in [-0.3, -0.25) is 0 Å². The summed E-state index contributed by atoms with van der Waals surface area (Å²) < 4.78 is 16.0. The second-order valence-electron chi connectivity index (χ2n) is 8.18. The minimum Gasteiger partial charge on any atom is -0.389 e. The topological polar surface area (TPSA) is 48.7 Å². The molecule has 30 heavy (non-hydrogen) atoms. The van der Waals surface area contributed by atoms with Crippen LogP contribution in [0, 0.1) is 5.82 Å². The van der Waals surface area contributed by atoms with E-state index in [4.69, 9.17) is 0 Å². The molecule has 1 aromatic heterocycles. The maximum absolute atomic E-state index is 14.0. The van der Waals surface area contributed by atoms with Crippen LogP contribution in [-0.2, 0) is 6.54 Å². The van der Waals surface area contributed by atoms with Gasteiger partial charge in [-0.1, -0.05) is 18.2 Å². The molecule has 2 unspecified atom stereocenters. The minimum atomic E-state index is -0.727. The lowest BCUT2D eigenvalue weighted by molar-refractivity contribution is 0.0728. The fraction of sp³-hybridized carbons (Fsp3) is 0.375. The van der Waals surface area contributed by atoms with Crippen molar-refractivity contribution in [2.24, 2.45) is 0 Å². The van der Waals surface area contributed by atoms with Gasteiger partial charge in [-0.25, -0.2) is 9.18 Å². The molecular weight excluding hydrogens is 381 g/mol. The van der Waals surface area contributed by atoms with Crippen LogP contribution < -0.4 is 0 Å². The summed E-state index contributed by atoms with van der Waals surface area (Å²) in [6, 6.07) is 11.0. The number of amides is 2. The molecule has 1 aliphatic rings. The van der Waals surface area contributed by atoms with Crippen molar-refractivity contribution in [1.82, 2.24) is 14.4 Å². The van der Waals surface area contributed by atoms with Crippen molar-refractivity contribution in [3.05, 3.63) is 53.9 Å². The van der Waals surface area contributed by atoms with Gasteiger partial charge in [0.25, 0.3) is 0 Å². The van der Waals surface area contributed by atoms with E-state index in [-0.39, 0.29) is 24.4 Å². The van der Waals surface area contributed by atoms with Crippen molar-refractivity contribution in [3.63, 3.8) is 0 Å². The highest BCUT2D eigenvalue weighted by atomic mass is 19.1. The number of aliphatic hydroxyl groups is 1. The van der Waals surface area contributed by atoms with E-state index in [2.05, 4.69) is 0 Å². The molecule has 2 aromatic carbocycles.